The second kappa shape index (κ2) is 5.33. The van der Waals surface area contributed by atoms with Crippen molar-refractivity contribution in [1.82, 2.24) is 14.9 Å². The number of nitrogens with zero attached hydrogens (tertiary/aromatic N) is 4. The molecule has 1 aromatic heterocycles. The van der Waals surface area contributed by atoms with Crippen molar-refractivity contribution in [2.24, 2.45) is 0 Å². The lowest BCUT2D eigenvalue weighted by Gasteiger charge is -2.21. The van der Waals surface area contributed by atoms with E-state index < -0.39 is 0 Å². The molecule has 0 aliphatic rings. The van der Waals surface area contributed by atoms with Crippen molar-refractivity contribution in [3.8, 4) is 5.75 Å². The van der Waals surface area contributed by atoms with E-state index in [1.165, 1.54) is 18.3 Å². The van der Waals surface area contributed by atoms with Gasteiger partial charge in [-0.25, -0.2) is 9.97 Å². The molecular formula is C10H17N5O2. The van der Waals surface area contributed by atoms with Crippen molar-refractivity contribution >= 4 is 17.5 Å². The lowest BCUT2D eigenvalue weighted by molar-refractivity contribution is -0.127. The van der Waals surface area contributed by atoms with Gasteiger partial charge in [0.05, 0.1) is 13.7 Å². The highest BCUT2D eigenvalue weighted by Crippen LogP contribution is 2.28. The van der Waals surface area contributed by atoms with Gasteiger partial charge in [0.2, 0.25) is 11.7 Å². The molecule has 2 N–H and O–H groups in total. The summed E-state index contributed by atoms with van der Waals surface area (Å²) in [5, 5.41) is 0. The van der Waals surface area contributed by atoms with Crippen LogP contribution in [0.2, 0.25) is 0 Å². The van der Waals surface area contributed by atoms with Gasteiger partial charge >= 0.3 is 0 Å². The maximum Gasteiger partial charge on any atom is 0.241 e. The summed E-state index contributed by atoms with van der Waals surface area (Å²) in [5.41, 5.74) is 5.66. The van der Waals surface area contributed by atoms with E-state index in [1.54, 1.807) is 26.0 Å². The molecule has 94 valence electrons. The van der Waals surface area contributed by atoms with E-state index in [4.69, 9.17) is 10.5 Å². The molecule has 0 saturated heterocycles. The SMILES string of the molecule is COc1c(N)ncnc1N(C)CC(=O)N(C)C. The van der Waals surface area contributed by atoms with Crippen molar-refractivity contribution in [2.75, 3.05) is 45.4 Å². The first-order valence-corrected chi connectivity index (χ1v) is 5.03. The van der Waals surface area contributed by atoms with Crippen LogP contribution < -0.4 is 15.4 Å². The molecule has 1 aromatic rings. The average molecular weight is 239 g/mol. The third kappa shape index (κ3) is 2.96. The Labute approximate surface area is 100 Å². The molecule has 0 bridgehead atoms. The Hall–Kier alpha value is -2.05. The van der Waals surface area contributed by atoms with E-state index in [0.29, 0.717) is 11.6 Å². The first-order chi connectivity index (χ1) is 7.97. The molecule has 0 aromatic carbocycles. The summed E-state index contributed by atoms with van der Waals surface area (Å²) in [7, 11) is 6.62. The minimum absolute atomic E-state index is 0.0354. The summed E-state index contributed by atoms with van der Waals surface area (Å²) in [4.78, 5) is 22.6. The third-order valence-electron chi connectivity index (χ3n) is 2.25. The zero-order valence-electron chi connectivity index (χ0n) is 10.5. The Morgan fingerprint density at radius 1 is 1.41 bits per heavy atom. The maximum atomic E-state index is 11.6. The van der Waals surface area contributed by atoms with E-state index in [-0.39, 0.29) is 18.3 Å². The summed E-state index contributed by atoms with van der Waals surface area (Å²) in [6.45, 7) is 0.194. The normalized spacial score (nSPS) is 9.88. The third-order valence-corrected chi connectivity index (χ3v) is 2.25. The van der Waals surface area contributed by atoms with Crippen LogP contribution in [0.4, 0.5) is 11.6 Å². The van der Waals surface area contributed by atoms with Crippen LogP contribution in [-0.4, -0.2) is 55.6 Å². The Kier molecular flexibility index (Phi) is 4.08. The molecule has 1 rings (SSSR count). The number of carbonyl (C=O) groups excluding carboxylic acids is 1. The molecule has 0 fully saturated rings. The van der Waals surface area contributed by atoms with Gasteiger partial charge in [-0.05, 0) is 0 Å². The fraction of sp³-hybridized carbons (Fsp3) is 0.500. The monoisotopic (exact) mass is 239 g/mol. The van der Waals surface area contributed by atoms with Crippen molar-refractivity contribution in [2.45, 2.75) is 0 Å². The largest absolute Gasteiger partial charge is 0.490 e. The van der Waals surface area contributed by atoms with Gasteiger partial charge in [0.1, 0.15) is 6.33 Å². The van der Waals surface area contributed by atoms with Gasteiger partial charge in [0, 0.05) is 21.1 Å². The molecule has 0 aliphatic carbocycles. The molecule has 0 unspecified atom stereocenters. The Morgan fingerprint density at radius 2 is 2.06 bits per heavy atom. The number of hydrogen-bond acceptors (Lipinski definition) is 6. The fourth-order valence-corrected chi connectivity index (χ4v) is 1.26. The molecule has 0 saturated carbocycles. The summed E-state index contributed by atoms with van der Waals surface area (Å²) in [6, 6.07) is 0. The minimum atomic E-state index is -0.0354. The van der Waals surface area contributed by atoms with Crippen LogP contribution in [0.1, 0.15) is 0 Å². The van der Waals surface area contributed by atoms with Gasteiger partial charge in [0.15, 0.2) is 11.6 Å². The highest BCUT2D eigenvalue weighted by molar-refractivity contribution is 5.81. The summed E-state index contributed by atoms with van der Waals surface area (Å²) >= 11 is 0. The van der Waals surface area contributed by atoms with Gasteiger partial charge < -0.3 is 20.3 Å². The second-order valence-corrected chi connectivity index (χ2v) is 3.76. The van der Waals surface area contributed by atoms with E-state index in [1.807, 2.05) is 0 Å². The fourth-order valence-electron chi connectivity index (χ4n) is 1.26. The Morgan fingerprint density at radius 3 is 2.59 bits per heavy atom. The number of carbonyl (C=O) groups is 1. The van der Waals surface area contributed by atoms with Gasteiger partial charge in [-0.3, -0.25) is 4.79 Å². The van der Waals surface area contributed by atoms with E-state index in [9.17, 15) is 4.79 Å². The zero-order chi connectivity index (χ0) is 13.0. The molecule has 7 nitrogen and oxygen atoms in total. The topological polar surface area (TPSA) is 84.6 Å². The second-order valence-electron chi connectivity index (χ2n) is 3.76. The number of nitrogens with two attached hydrogens (primary N) is 1. The first kappa shape index (κ1) is 13.0. The van der Waals surface area contributed by atoms with Gasteiger partial charge in [-0.15, -0.1) is 0 Å². The lowest BCUT2D eigenvalue weighted by Crippen LogP contribution is -2.35. The van der Waals surface area contributed by atoms with Crippen LogP contribution >= 0.6 is 0 Å². The number of methoxy groups -OCH3 is 1. The summed E-state index contributed by atoms with van der Waals surface area (Å²) < 4.78 is 5.12. The van der Waals surface area contributed by atoms with Crippen molar-refractivity contribution in [3.05, 3.63) is 6.33 Å². The molecular weight excluding hydrogens is 222 g/mol. The smallest absolute Gasteiger partial charge is 0.241 e. The van der Waals surface area contributed by atoms with Crippen molar-refractivity contribution in [1.29, 1.82) is 0 Å². The van der Waals surface area contributed by atoms with Crippen LogP contribution in [0.25, 0.3) is 0 Å². The number of aromatic nitrogens is 2. The Bertz CT molecular complexity index is 408. The van der Waals surface area contributed by atoms with Crippen LogP contribution in [0, 0.1) is 0 Å². The van der Waals surface area contributed by atoms with Crippen molar-refractivity contribution in [3.63, 3.8) is 0 Å². The van der Waals surface area contributed by atoms with Crippen LogP contribution in [-0.2, 0) is 4.79 Å². The van der Waals surface area contributed by atoms with Crippen LogP contribution in [0.5, 0.6) is 5.75 Å². The predicted octanol–water partition coefficient (Wildman–Crippen LogP) is -0.408. The number of nitrogen functional groups attached to an aromatic ring is 1. The van der Waals surface area contributed by atoms with Gasteiger partial charge in [-0.1, -0.05) is 0 Å². The molecule has 1 amide bonds. The molecule has 0 radical (unpaired) electrons. The molecule has 0 atom stereocenters. The average Bonchev–Trinajstić information content (AvgIpc) is 2.28. The van der Waals surface area contributed by atoms with E-state index in [2.05, 4.69) is 9.97 Å². The molecule has 7 heteroatoms. The summed E-state index contributed by atoms with van der Waals surface area (Å²) in [6.07, 6.45) is 1.34. The van der Waals surface area contributed by atoms with Crippen molar-refractivity contribution < 1.29 is 9.53 Å². The lowest BCUT2D eigenvalue weighted by atomic mass is 10.4. The van der Waals surface area contributed by atoms with Crippen LogP contribution in [0.3, 0.4) is 0 Å². The first-order valence-electron chi connectivity index (χ1n) is 5.03. The van der Waals surface area contributed by atoms with E-state index >= 15 is 0 Å². The highest BCUT2D eigenvalue weighted by Gasteiger charge is 2.16. The maximum absolute atomic E-state index is 11.6. The highest BCUT2D eigenvalue weighted by atomic mass is 16.5. The molecule has 17 heavy (non-hydrogen) atoms. The predicted molar refractivity (Wildman–Crippen MR) is 65.0 cm³/mol. The summed E-state index contributed by atoms with van der Waals surface area (Å²) in [5.74, 6) is 1.09. The number of ether oxygens (including phenoxy) is 1. The minimum Gasteiger partial charge on any atom is -0.490 e. The van der Waals surface area contributed by atoms with Crippen LogP contribution in [0.15, 0.2) is 6.33 Å². The van der Waals surface area contributed by atoms with Gasteiger partial charge in [-0.2, -0.15) is 0 Å². The number of hydrogen-bond donors (Lipinski definition) is 1. The Balaban J connectivity index is 2.92. The number of likely N-dealkylation sites (N-methyl/N-ethyl adjacent to an activating group) is 2. The number of rotatable bonds is 4. The quantitative estimate of drug-likeness (QED) is 0.769. The molecule has 0 aliphatic heterocycles. The number of anilines is 2. The molecule has 0 spiro atoms. The standard InChI is InChI=1S/C10H17N5O2/c1-14(2)7(16)5-15(3)10-8(17-4)9(11)12-6-13-10/h6H,5H2,1-4H3,(H2,11,12,13). The zero-order valence-corrected chi connectivity index (χ0v) is 10.5. The number of amides is 1. The van der Waals surface area contributed by atoms with E-state index in [0.717, 1.165) is 0 Å². The molecule has 1 heterocycles. The van der Waals surface area contributed by atoms with Gasteiger partial charge in [0.25, 0.3) is 0 Å².